The Morgan fingerprint density at radius 1 is 1.22 bits per heavy atom. The molecule has 42 valence electrons. The van der Waals surface area contributed by atoms with Crippen molar-refractivity contribution >= 4 is 0 Å². The van der Waals surface area contributed by atoms with Crippen molar-refractivity contribution in [2.24, 2.45) is 0 Å². The van der Waals surface area contributed by atoms with Gasteiger partial charge in [-0.15, -0.1) is 0 Å². The van der Waals surface area contributed by atoms with Gasteiger partial charge in [-0.05, 0) is 5.75 Å². The molecule has 1 rings (SSSR count). The van der Waals surface area contributed by atoms with Crippen LogP contribution in [0.4, 0.5) is 0 Å². The van der Waals surface area contributed by atoms with Gasteiger partial charge in [-0.25, -0.2) is 0 Å². The van der Waals surface area contributed by atoms with Crippen LogP contribution in [0, 0.1) is 0 Å². The number of hydrogen-bond acceptors (Lipinski definition) is 4. The molecule has 0 aliphatic heterocycles. The smallest absolute Gasteiger partial charge is 0.867 e. The molecule has 0 aliphatic rings. The van der Waals surface area contributed by atoms with Crippen molar-refractivity contribution in [2.75, 3.05) is 0 Å². The maximum absolute atomic E-state index is 9.91. The van der Waals surface area contributed by atoms with Crippen LogP contribution in [-0.2, 0) is 0 Å². The minimum absolute atomic E-state index is 0. The predicted octanol–water partition coefficient (Wildman–Crippen LogP) is -4.93. The first kappa shape index (κ1) is 9.32. The quantitative estimate of drug-likeness (QED) is 0.298. The van der Waals surface area contributed by atoms with E-state index < -0.39 is 22.4 Å². The molecule has 0 heterocycles. The fourth-order valence-corrected chi connectivity index (χ4v) is 0.359. The van der Waals surface area contributed by atoms with E-state index in [-0.39, 0.29) is 51.4 Å². The molecule has 0 aliphatic carbocycles. The van der Waals surface area contributed by atoms with Crippen LogP contribution < -0.4 is 67.3 Å². The minimum atomic E-state index is -1.12. The fourth-order valence-electron chi connectivity index (χ4n) is 0.359. The molecule has 0 radical (unpaired) electrons. The molecule has 0 saturated heterocycles. The summed E-state index contributed by atoms with van der Waals surface area (Å²) >= 11 is 0. The van der Waals surface area contributed by atoms with Gasteiger partial charge in [-0.1, -0.05) is 0 Å². The van der Waals surface area contributed by atoms with Gasteiger partial charge in [0, 0.05) is 0 Å². The molecule has 0 fully saturated rings. The number of aromatic hydroxyl groups is 1. The first-order chi connectivity index (χ1) is 3.64. The summed E-state index contributed by atoms with van der Waals surface area (Å²) in [6.45, 7) is 0. The van der Waals surface area contributed by atoms with Gasteiger partial charge < -0.3 is 10.2 Å². The second-order valence-corrected chi connectivity index (χ2v) is 1.34. The summed E-state index contributed by atoms with van der Waals surface area (Å²) in [5.41, 5.74) is -2.20. The SMILES string of the molecule is O=c1c([O-])c(O)c1=O.[K+]. The van der Waals surface area contributed by atoms with Crippen molar-refractivity contribution in [3.8, 4) is 11.5 Å². The Bertz CT molecular complexity index is 253. The van der Waals surface area contributed by atoms with E-state index in [1.165, 1.54) is 0 Å². The molecule has 0 aromatic heterocycles. The van der Waals surface area contributed by atoms with E-state index in [1.807, 2.05) is 0 Å². The molecule has 1 aromatic rings. The molecular weight excluding hydrogens is 151 g/mol. The Labute approximate surface area is 92.2 Å². The zero-order valence-electron chi connectivity index (χ0n) is 4.67. The maximum Gasteiger partial charge on any atom is 1.00 e. The average Bonchev–Trinajstić information content (AvgIpc) is 1.83. The van der Waals surface area contributed by atoms with E-state index in [4.69, 9.17) is 5.11 Å². The number of rotatable bonds is 0. The van der Waals surface area contributed by atoms with Crippen LogP contribution in [0.15, 0.2) is 9.59 Å². The van der Waals surface area contributed by atoms with Gasteiger partial charge in [-0.2, -0.15) is 0 Å². The van der Waals surface area contributed by atoms with Crippen molar-refractivity contribution in [1.29, 1.82) is 0 Å². The van der Waals surface area contributed by atoms with Crippen molar-refractivity contribution in [2.45, 2.75) is 0 Å². The van der Waals surface area contributed by atoms with Gasteiger partial charge in [-0.3, -0.25) is 9.59 Å². The third-order valence-corrected chi connectivity index (χ3v) is 0.843. The van der Waals surface area contributed by atoms with Crippen LogP contribution in [0.25, 0.3) is 0 Å². The van der Waals surface area contributed by atoms with Gasteiger partial charge >= 0.3 is 51.4 Å². The Hall–Kier alpha value is 0.316. The van der Waals surface area contributed by atoms with Crippen molar-refractivity contribution in [3.05, 3.63) is 20.4 Å². The molecule has 0 saturated carbocycles. The number of hydrogen-bond donors (Lipinski definition) is 1. The molecule has 0 spiro atoms. The summed E-state index contributed by atoms with van der Waals surface area (Å²) in [5.74, 6) is -2.01. The molecule has 4 nitrogen and oxygen atoms in total. The zero-order valence-corrected chi connectivity index (χ0v) is 7.80. The van der Waals surface area contributed by atoms with Crippen molar-refractivity contribution in [1.82, 2.24) is 0 Å². The van der Waals surface area contributed by atoms with E-state index in [0.717, 1.165) is 0 Å². The Morgan fingerprint density at radius 3 is 1.78 bits per heavy atom. The molecule has 1 aromatic carbocycles. The van der Waals surface area contributed by atoms with Gasteiger partial charge in [0.15, 0.2) is 5.75 Å². The molecular formula is C4HKO4. The third-order valence-electron chi connectivity index (χ3n) is 0.843. The van der Waals surface area contributed by atoms with Crippen LogP contribution in [0.1, 0.15) is 0 Å². The predicted molar refractivity (Wildman–Crippen MR) is 22.5 cm³/mol. The van der Waals surface area contributed by atoms with Crippen molar-refractivity contribution < 1.29 is 61.6 Å². The summed E-state index contributed by atoms with van der Waals surface area (Å²) in [6.07, 6.45) is 0. The van der Waals surface area contributed by atoms with Gasteiger partial charge in [0.2, 0.25) is 5.43 Å². The fraction of sp³-hybridized carbons (Fsp3) is 0. The minimum Gasteiger partial charge on any atom is -0.867 e. The summed E-state index contributed by atoms with van der Waals surface area (Å²) in [6, 6.07) is 0. The summed E-state index contributed by atoms with van der Waals surface area (Å²) in [7, 11) is 0. The van der Waals surface area contributed by atoms with Crippen LogP contribution in [0.5, 0.6) is 11.5 Å². The largest absolute Gasteiger partial charge is 1.00 e. The molecule has 0 bridgehead atoms. The Balaban J connectivity index is 0.000000640. The van der Waals surface area contributed by atoms with Crippen LogP contribution >= 0.6 is 0 Å². The topological polar surface area (TPSA) is 77.4 Å². The molecule has 0 atom stereocenters. The normalized spacial score (nSPS) is 8.89. The molecule has 0 unspecified atom stereocenters. The van der Waals surface area contributed by atoms with E-state index in [2.05, 4.69) is 0 Å². The first-order valence-electron chi connectivity index (χ1n) is 1.84. The second-order valence-electron chi connectivity index (χ2n) is 1.34. The van der Waals surface area contributed by atoms with E-state index >= 15 is 0 Å². The molecule has 1 N–H and O–H groups in total. The first-order valence-corrected chi connectivity index (χ1v) is 1.84. The monoisotopic (exact) mass is 152 g/mol. The van der Waals surface area contributed by atoms with Crippen LogP contribution in [0.3, 0.4) is 0 Å². The van der Waals surface area contributed by atoms with Gasteiger partial charge in [0.25, 0.3) is 5.43 Å². The standard InChI is InChI=1S/C4H2O4.K/c5-1-2(6)4(8)3(1)7;/h5-6H;/q;+1/p-1. The second kappa shape index (κ2) is 2.93. The maximum atomic E-state index is 9.91. The molecule has 0 amide bonds. The van der Waals surface area contributed by atoms with E-state index in [1.54, 1.807) is 0 Å². The summed E-state index contributed by atoms with van der Waals surface area (Å²) < 4.78 is 0. The average molecular weight is 152 g/mol. The Kier molecular flexibility index (Phi) is 3.04. The van der Waals surface area contributed by atoms with E-state index in [9.17, 15) is 14.7 Å². The van der Waals surface area contributed by atoms with Gasteiger partial charge in [0.05, 0.1) is 0 Å². The third kappa shape index (κ3) is 1.25. The van der Waals surface area contributed by atoms with Crippen LogP contribution in [-0.4, -0.2) is 5.11 Å². The summed E-state index contributed by atoms with van der Waals surface area (Å²) in [5, 5.41) is 18.1. The van der Waals surface area contributed by atoms with Gasteiger partial charge in [0.1, 0.15) is 0 Å². The molecule has 9 heavy (non-hydrogen) atoms. The van der Waals surface area contributed by atoms with Crippen LogP contribution in [0.2, 0.25) is 0 Å². The molecule has 5 heteroatoms. The van der Waals surface area contributed by atoms with E-state index in [0.29, 0.717) is 0 Å². The van der Waals surface area contributed by atoms with Crippen molar-refractivity contribution in [3.63, 3.8) is 0 Å². The Morgan fingerprint density at radius 2 is 1.67 bits per heavy atom. The summed E-state index contributed by atoms with van der Waals surface area (Å²) in [4.78, 5) is 19.8. The zero-order chi connectivity index (χ0) is 6.31.